The summed E-state index contributed by atoms with van der Waals surface area (Å²) in [6.07, 6.45) is 0. The largest absolute Gasteiger partial charge is 0.457 e. The van der Waals surface area contributed by atoms with Gasteiger partial charge >= 0.3 is 0 Å². The van der Waals surface area contributed by atoms with Gasteiger partial charge in [-0.2, -0.15) is 5.10 Å². The van der Waals surface area contributed by atoms with Gasteiger partial charge in [-0.3, -0.25) is 20.0 Å². The van der Waals surface area contributed by atoms with Crippen molar-refractivity contribution in [3.05, 3.63) is 72.9 Å². The Bertz CT molecular complexity index is 1020. The van der Waals surface area contributed by atoms with Crippen LogP contribution in [0.15, 0.2) is 51.5 Å². The molecule has 0 radical (unpaired) electrons. The van der Waals surface area contributed by atoms with Gasteiger partial charge in [0.15, 0.2) is 5.69 Å². The molecule has 2 N–H and O–H groups in total. The second-order valence-electron chi connectivity index (χ2n) is 5.54. The van der Waals surface area contributed by atoms with Gasteiger partial charge in [-0.25, -0.2) is 0 Å². The van der Waals surface area contributed by atoms with Crippen LogP contribution in [0, 0.1) is 17.0 Å². The molecule has 0 atom stereocenters. The molecule has 0 unspecified atom stereocenters. The van der Waals surface area contributed by atoms with Crippen molar-refractivity contribution in [2.45, 2.75) is 6.92 Å². The topological polar surface area (TPSA) is 110 Å². The molecule has 1 aromatic heterocycles. The van der Waals surface area contributed by atoms with E-state index in [2.05, 4.69) is 47.4 Å². The number of benzene rings is 2. The fourth-order valence-electron chi connectivity index (χ4n) is 2.21. The maximum Gasteiger partial charge on any atom is 0.277 e. The van der Waals surface area contributed by atoms with Crippen LogP contribution in [0.25, 0.3) is 0 Å². The van der Waals surface area contributed by atoms with E-state index in [0.717, 1.165) is 5.56 Å². The number of amides is 1. The molecule has 10 heteroatoms. The second kappa shape index (κ2) is 7.89. The van der Waals surface area contributed by atoms with Crippen LogP contribution in [0.2, 0.25) is 0 Å². The van der Waals surface area contributed by atoms with Crippen molar-refractivity contribution in [2.75, 3.05) is 5.32 Å². The summed E-state index contributed by atoms with van der Waals surface area (Å²) in [6.45, 7) is 1.94. The first-order chi connectivity index (χ1) is 12.8. The van der Waals surface area contributed by atoms with Crippen LogP contribution in [0.4, 0.5) is 11.4 Å². The van der Waals surface area contributed by atoms with Gasteiger partial charge in [0.1, 0.15) is 16.1 Å². The highest BCUT2D eigenvalue weighted by Crippen LogP contribution is 2.31. The number of non-ortho nitro benzene ring substituents is 1. The zero-order chi connectivity index (χ0) is 19.6. The van der Waals surface area contributed by atoms with Gasteiger partial charge in [0.05, 0.1) is 21.1 Å². The highest BCUT2D eigenvalue weighted by Gasteiger charge is 2.19. The molecule has 0 aliphatic heterocycles. The number of nitrogens with one attached hydrogen (secondary N) is 2. The molecule has 0 aliphatic rings. The first-order valence-electron chi connectivity index (χ1n) is 7.58. The monoisotopic (exact) mass is 494 g/mol. The summed E-state index contributed by atoms with van der Waals surface area (Å²) >= 11 is 6.43. The third-order valence-electron chi connectivity index (χ3n) is 3.50. The van der Waals surface area contributed by atoms with Crippen molar-refractivity contribution < 1.29 is 14.5 Å². The number of aromatic amines is 1. The van der Waals surface area contributed by atoms with Crippen molar-refractivity contribution in [1.82, 2.24) is 10.2 Å². The molecule has 0 fully saturated rings. The third-order valence-corrected chi connectivity index (χ3v) is 5.38. The minimum atomic E-state index is -0.557. The molecule has 138 valence electrons. The average molecular weight is 496 g/mol. The van der Waals surface area contributed by atoms with E-state index in [1.54, 1.807) is 12.1 Å². The maximum atomic E-state index is 12.4. The van der Waals surface area contributed by atoms with Crippen LogP contribution in [-0.2, 0) is 0 Å². The Balaban J connectivity index is 1.89. The number of H-pyrrole nitrogens is 1. The molecular weight excluding hydrogens is 484 g/mol. The van der Waals surface area contributed by atoms with E-state index < -0.39 is 10.8 Å². The summed E-state index contributed by atoms with van der Waals surface area (Å²) in [5.41, 5.74) is 1.17. The molecule has 1 amide bonds. The van der Waals surface area contributed by atoms with Crippen molar-refractivity contribution in [3.8, 4) is 11.5 Å². The molecule has 0 bridgehead atoms. The van der Waals surface area contributed by atoms with Crippen molar-refractivity contribution >= 4 is 49.1 Å². The number of halogens is 2. The van der Waals surface area contributed by atoms with Gasteiger partial charge in [-0.1, -0.05) is 17.7 Å². The van der Waals surface area contributed by atoms with E-state index in [1.807, 2.05) is 19.1 Å². The van der Waals surface area contributed by atoms with Crippen LogP contribution in [0.5, 0.6) is 11.5 Å². The Morgan fingerprint density at radius 1 is 1.19 bits per heavy atom. The third kappa shape index (κ3) is 4.52. The first-order valence-corrected chi connectivity index (χ1v) is 9.17. The van der Waals surface area contributed by atoms with Crippen molar-refractivity contribution in [3.63, 3.8) is 0 Å². The fourth-order valence-corrected chi connectivity index (χ4v) is 2.84. The van der Waals surface area contributed by atoms with Gasteiger partial charge in [0, 0.05) is 12.1 Å². The highest BCUT2D eigenvalue weighted by molar-refractivity contribution is 9.13. The van der Waals surface area contributed by atoms with Crippen molar-refractivity contribution in [2.24, 2.45) is 0 Å². The lowest BCUT2D eigenvalue weighted by molar-refractivity contribution is -0.384. The molecule has 0 saturated carbocycles. The lowest BCUT2D eigenvalue weighted by Crippen LogP contribution is -2.13. The quantitative estimate of drug-likeness (QED) is 0.373. The van der Waals surface area contributed by atoms with Crippen LogP contribution in [0.1, 0.15) is 16.1 Å². The summed E-state index contributed by atoms with van der Waals surface area (Å²) in [5.74, 6) is 0.216. The van der Waals surface area contributed by atoms with Gasteiger partial charge in [-0.05, 0) is 50.9 Å². The number of rotatable bonds is 5. The lowest BCUT2D eigenvalue weighted by Gasteiger charge is -2.09. The minimum Gasteiger partial charge on any atom is -0.457 e. The summed E-state index contributed by atoms with van der Waals surface area (Å²) in [6, 6.07) is 11.3. The Labute approximate surface area is 170 Å². The number of aryl methyl sites for hydroxylation is 1. The Hall–Kier alpha value is -2.72. The normalized spacial score (nSPS) is 10.5. The van der Waals surface area contributed by atoms with E-state index in [-0.39, 0.29) is 22.8 Å². The number of nitro benzene ring substituents is 1. The number of hydrogen-bond donors (Lipinski definition) is 2. The molecule has 1 heterocycles. The second-order valence-corrected chi connectivity index (χ2v) is 7.13. The Morgan fingerprint density at radius 2 is 1.89 bits per heavy atom. The molecule has 3 rings (SSSR count). The molecular formula is C17H12Br2N4O4. The summed E-state index contributed by atoms with van der Waals surface area (Å²) < 4.78 is 6.64. The molecule has 3 aromatic rings. The number of nitro groups is 1. The van der Waals surface area contributed by atoms with Crippen LogP contribution < -0.4 is 10.1 Å². The van der Waals surface area contributed by atoms with Gasteiger partial charge in [0.2, 0.25) is 0 Å². The standard InChI is InChI=1S/C17H12Br2N4O4/c1-9-2-4-12(5-3-9)27-13-7-10(6-11(8-13)23(25)26)20-17(24)15-14(18)16(19)22-21-15/h2-8H,1H3,(H,20,24)(H,21,22). The molecule has 0 aliphatic carbocycles. The smallest absolute Gasteiger partial charge is 0.277 e. The fraction of sp³-hybridized carbons (Fsp3) is 0.0588. The molecule has 0 saturated heterocycles. The van der Waals surface area contributed by atoms with Gasteiger partial charge < -0.3 is 10.1 Å². The number of nitrogens with zero attached hydrogens (tertiary/aromatic N) is 2. The molecule has 8 nitrogen and oxygen atoms in total. The zero-order valence-corrected chi connectivity index (χ0v) is 17.0. The van der Waals surface area contributed by atoms with E-state index in [1.165, 1.54) is 18.2 Å². The predicted molar refractivity (Wildman–Crippen MR) is 106 cm³/mol. The van der Waals surface area contributed by atoms with Gasteiger partial charge in [-0.15, -0.1) is 0 Å². The van der Waals surface area contributed by atoms with E-state index in [4.69, 9.17) is 4.74 Å². The van der Waals surface area contributed by atoms with Crippen LogP contribution >= 0.6 is 31.9 Å². The predicted octanol–water partition coefficient (Wildman–Crippen LogP) is 5.20. The van der Waals surface area contributed by atoms with E-state index in [9.17, 15) is 14.9 Å². The maximum absolute atomic E-state index is 12.4. The van der Waals surface area contributed by atoms with Crippen molar-refractivity contribution in [1.29, 1.82) is 0 Å². The number of carbonyl (C=O) groups excluding carboxylic acids is 1. The molecule has 2 aromatic carbocycles. The number of hydrogen-bond acceptors (Lipinski definition) is 5. The number of aromatic nitrogens is 2. The SMILES string of the molecule is Cc1ccc(Oc2cc(NC(=O)c3n[nH]c(Br)c3Br)cc([N+](=O)[O-])c2)cc1. The Kier molecular flexibility index (Phi) is 5.57. The van der Waals surface area contributed by atoms with E-state index >= 15 is 0 Å². The number of ether oxygens (including phenoxy) is 1. The van der Waals surface area contributed by atoms with Crippen LogP contribution in [0.3, 0.4) is 0 Å². The zero-order valence-electron chi connectivity index (χ0n) is 13.8. The molecule has 27 heavy (non-hydrogen) atoms. The minimum absolute atomic E-state index is 0.106. The first kappa shape index (κ1) is 19.1. The summed E-state index contributed by atoms with van der Waals surface area (Å²) in [4.78, 5) is 23.0. The lowest BCUT2D eigenvalue weighted by atomic mass is 10.2. The number of carbonyl (C=O) groups is 1. The summed E-state index contributed by atoms with van der Waals surface area (Å²) in [7, 11) is 0. The Morgan fingerprint density at radius 3 is 2.48 bits per heavy atom. The highest BCUT2D eigenvalue weighted by atomic mass is 79.9. The number of anilines is 1. The van der Waals surface area contributed by atoms with Gasteiger partial charge in [0.25, 0.3) is 11.6 Å². The van der Waals surface area contributed by atoms with E-state index in [0.29, 0.717) is 14.8 Å². The summed E-state index contributed by atoms with van der Waals surface area (Å²) in [5, 5.41) is 20.3. The average Bonchev–Trinajstić information content (AvgIpc) is 2.96. The molecule has 0 spiro atoms. The van der Waals surface area contributed by atoms with Crippen LogP contribution in [-0.4, -0.2) is 21.0 Å².